The third kappa shape index (κ3) is 1.86. The first-order valence-corrected chi connectivity index (χ1v) is 5.98. The van der Waals surface area contributed by atoms with E-state index in [0.29, 0.717) is 0 Å². The topological polar surface area (TPSA) is 27.0 Å². The average Bonchev–Trinajstić information content (AvgIpc) is 2.30. The second kappa shape index (κ2) is 4.41. The van der Waals surface area contributed by atoms with Gasteiger partial charge in [-0.15, -0.1) is 11.8 Å². The lowest BCUT2D eigenvalue weighted by atomic mass is 10.0. The maximum absolute atomic E-state index is 9.02. The monoisotopic (exact) mass is 216 g/mol. The summed E-state index contributed by atoms with van der Waals surface area (Å²) in [6.45, 7) is 2.11. The molecular weight excluding hydrogens is 204 g/mol. The molecule has 0 saturated heterocycles. The second-order valence-electron chi connectivity index (χ2n) is 3.26. The molecule has 3 heteroatoms. The van der Waals surface area contributed by atoms with Crippen molar-refractivity contribution < 1.29 is 0 Å². The summed E-state index contributed by atoms with van der Waals surface area (Å²) in [6.07, 6.45) is 6.05. The fraction of sp³-hybridized carbons (Fsp3) is 0.250. The van der Waals surface area contributed by atoms with E-state index >= 15 is 0 Å². The first kappa shape index (κ1) is 10.1. The van der Waals surface area contributed by atoms with Crippen LogP contribution in [-0.4, -0.2) is 10.7 Å². The molecule has 2 nitrogen and oxygen atoms in total. The smallest absolute Gasteiger partial charge is 0.185 e. The van der Waals surface area contributed by atoms with E-state index in [4.69, 9.17) is 5.26 Å². The molecule has 1 unspecified atom stereocenters. The summed E-state index contributed by atoms with van der Waals surface area (Å²) in [6, 6.07) is 8.23. The molecule has 0 aromatic heterocycles. The van der Waals surface area contributed by atoms with Gasteiger partial charge in [0.05, 0.1) is 0 Å². The van der Waals surface area contributed by atoms with Crippen molar-refractivity contribution in [2.24, 2.45) is 0 Å². The highest BCUT2D eigenvalue weighted by atomic mass is 32.2. The highest BCUT2D eigenvalue weighted by molar-refractivity contribution is 7.99. The van der Waals surface area contributed by atoms with Gasteiger partial charge in [-0.3, -0.25) is 4.90 Å². The van der Waals surface area contributed by atoms with Gasteiger partial charge in [-0.2, -0.15) is 5.26 Å². The van der Waals surface area contributed by atoms with Gasteiger partial charge in [0.15, 0.2) is 6.19 Å². The van der Waals surface area contributed by atoms with Gasteiger partial charge in [0.1, 0.15) is 5.37 Å². The van der Waals surface area contributed by atoms with Crippen LogP contribution in [0.15, 0.2) is 30.5 Å². The minimum Gasteiger partial charge on any atom is -0.269 e. The van der Waals surface area contributed by atoms with Gasteiger partial charge in [-0.1, -0.05) is 31.2 Å². The van der Waals surface area contributed by atoms with Crippen molar-refractivity contribution in [3.8, 4) is 6.19 Å². The Hall–Kier alpha value is -1.40. The molecule has 76 valence electrons. The van der Waals surface area contributed by atoms with E-state index in [0.717, 1.165) is 5.75 Å². The van der Waals surface area contributed by atoms with Gasteiger partial charge in [0.25, 0.3) is 0 Å². The molecule has 1 aliphatic heterocycles. The van der Waals surface area contributed by atoms with Gasteiger partial charge in [0.2, 0.25) is 0 Å². The molecule has 1 atom stereocenters. The van der Waals surface area contributed by atoms with Crippen LogP contribution in [0.4, 0.5) is 0 Å². The van der Waals surface area contributed by atoms with Crippen molar-refractivity contribution in [2.45, 2.75) is 12.3 Å². The molecule has 1 aliphatic rings. The van der Waals surface area contributed by atoms with Crippen LogP contribution in [0.25, 0.3) is 6.08 Å². The summed E-state index contributed by atoms with van der Waals surface area (Å²) in [4.78, 5) is 1.70. The van der Waals surface area contributed by atoms with Gasteiger partial charge >= 0.3 is 0 Å². The molecule has 0 fully saturated rings. The maximum Gasteiger partial charge on any atom is 0.185 e. The zero-order valence-electron chi connectivity index (χ0n) is 8.55. The lowest BCUT2D eigenvalue weighted by Gasteiger charge is -2.28. The summed E-state index contributed by atoms with van der Waals surface area (Å²) < 4.78 is 0. The van der Waals surface area contributed by atoms with Gasteiger partial charge in [0, 0.05) is 6.20 Å². The van der Waals surface area contributed by atoms with Crippen LogP contribution in [0.5, 0.6) is 0 Å². The van der Waals surface area contributed by atoms with Crippen molar-refractivity contribution in [1.29, 1.82) is 5.26 Å². The van der Waals surface area contributed by atoms with E-state index in [1.165, 1.54) is 11.1 Å². The summed E-state index contributed by atoms with van der Waals surface area (Å²) >= 11 is 1.78. The highest BCUT2D eigenvalue weighted by Crippen LogP contribution is 2.37. The third-order valence-electron chi connectivity index (χ3n) is 2.37. The zero-order valence-corrected chi connectivity index (χ0v) is 9.37. The van der Waals surface area contributed by atoms with Crippen LogP contribution >= 0.6 is 11.8 Å². The van der Waals surface area contributed by atoms with E-state index in [2.05, 4.69) is 25.2 Å². The normalized spacial score (nSPS) is 18.4. The summed E-state index contributed by atoms with van der Waals surface area (Å²) in [5.41, 5.74) is 2.45. The number of hydrogen-bond acceptors (Lipinski definition) is 3. The van der Waals surface area contributed by atoms with E-state index < -0.39 is 0 Å². The summed E-state index contributed by atoms with van der Waals surface area (Å²) in [5, 5.41) is 9.16. The molecule has 0 aliphatic carbocycles. The Bertz CT molecular complexity index is 420. The Kier molecular flexibility index (Phi) is 2.98. The fourth-order valence-electron chi connectivity index (χ4n) is 1.69. The molecule has 0 N–H and O–H groups in total. The molecule has 0 bridgehead atoms. The average molecular weight is 216 g/mol. The van der Waals surface area contributed by atoms with Crippen LogP contribution in [-0.2, 0) is 0 Å². The molecule has 1 heterocycles. The predicted octanol–water partition coefficient (Wildman–Crippen LogP) is 3.21. The van der Waals surface area contributed by atoms with Gasteiger partial charge < -0.3 is 0 Å². The standard InChI is InChI=1S/C12H12N2S/c1-2-15-12-11-6-4-3-5-10(11)7-8-14(12)9-13/h3-8,12H,2H2,1H3. The Balaban J connectivity index is 2.41. The first-order chi connectivity index (χ1) is 7.36. The van der Waals surface area contributed by atoms with Crippen molar-refractivity contribution in [3.05, 3.63) is 41.6 Å². The van der Waals surface area contributed by atoms with Crippen LogP contribution in [0.1, 0.15) is 23.4 Å². The molecule has 1 aromatic rings. The zero-order chi connectivity index (χ0) is 10.7. The van der Waals surface area contributed by atoms with Gasteiger partial charge in [-0.05, 0) is 23.0 Å². The van der Waals surface area contributed by atoms with Crippen molar-refractivity contribution in [3.63, 3.8) is 0 Å². The van der Waals surface area contributed by atoms with Crippen LogP contribution in [0, 0.1) is 11.5 Å². The number of nitrogens with zero attached hydrogens (tertiary/aromatic N) is 2. The van der Waals surface area contributed by atoms with Crippen molar-refractivity contribution >= 4 is 17.8 Å². The second-order valence-corrected chi connectivity index (χ2v) is 4.62. The number of fused-ring (bicyclic) bond motifs is 1. The Morgan fingerprint density at radius 2 is 2.27 bits per heavy atom. The molecule has 0 spiro atoms. The number of hydrogen-bond donors (Lipinski definition) is 0. The summed E-state index contributed by atoms with van der Waals surface area (Å²) in [5.74, 6) is 1.00. The molecule has 0 saturated carbocycles. The number of thioether (sulfide) groups is 1. The van der Waals surface area contributed by atoms with Gasteiger partial charge in [-0.25, -0.2) is 0 Å². The first-order valence-electron chi connectivity index (χ1n) is 4.93. The quantitative estimate of drug-likeness (QED) is 0.710. The van der Waals surface area contributed by atoms with Crippen molar-refractivity contribution in [1.82, 2.24) is 4.90 Å². The Morgan fingerprint density at radius 3 is 3.00 bits per heavy atom. The third-order valence-corrected chi connectivity index (χ3v) is 3.50. The van der Waals surface area contributed by atoms with Crippen molar-refractivity contribution in [2.75, 3.05) is 5.75 Å². The molecule has 15 heavy (non-hydrogen) atoms. The Morgan fingerprint density at radius 1 is 1.47 bits per heavy atom. The number of nitriles is 1. The lowest BCUT2D eigenvalue weighted by Crippen LogP contribution is -2.19. The molecular formula is C12H12N2S. The lowest BCUT2D eigenvalue weighted by molar-refractivity contribution is 0.502. The maximum atomic E-state index is 9.02. The van der Waals surface area contributed by atoms with Crippen LogP contribution in [0.3, 0.4) is 0 Å². The largest absolute Gasteiger partial charge is 0.269 e. The van der Waals surface area contributed by atoms with E-state index in [1.54, 1.807) is 16.7 Å². The van der Waals surface area contributed by atoms with E-state index in [1.807, 2.05) is 24.4 Å². The molecule has 0 amide bonds. The van der Waals surface area contributed by atoms with E-state index in [-0.39, 0.29) is 5.37 Å². The summed E-state index contributed by atoms with van der Waals surface area (Å²) in [7, 11) is 0. The predicted molar refractivity (Wildman–Crippen MR) is 63.8 cm³/mol. The minimum atomic E-state index is 0.140. The fourth-order valence-corrected chi connectivity index (χ4v) is 2.68. The highest BCUT2D eigenvalue weighted by Gasteiger charge is 2.22. The molecule has 0 radical (unpaired) electrons. The number of benzene rings is 1. The minimum absolute atomic E-state index is 0.140. The van der Waals surface area contributed by atoms with E-state index in [9.17, 15) is 0 Å². The SMILES string of the molecule is CCSC1c2ccccc2C=CN1C#N. The number of rotatable bonds is 2. The Labute approximate surface area is 94.2 Å². The molecule has 2 rings (SSSR count). The van der Waals surface area contributed by atoms with Crippen LogP contribution in [0.2, 0.25) is 0 Å². The molecule has 1 aromatic carbocycles. The van der Waals surface area contributed by atoms with Crippen LogP contribution < -0.4 is 0 Å².